The molecule has 172 valence electrons. The maximum atomic E-state index is 12.7. The second kappa shape index (κ2) is 11.5. The third kappa shape index (κ3) is 6.79. The first-order valence-corrected chi connectivity index (χ1v) is 13.1. The molecule has 0 bridgehead atoms. The van der Waals surface area contributed by atoms with E-state index in [0.29, 0.717) is 17.2 Å². The van der Waals surface area contributed by atoms with Gasteiger partial charge in [-0.2, -0.15) is 0 Å². The Balaban J connectivity index is 1.32. The van der Waals surface area contributed by atoms with Crippen molar-refractivity contribution in [1.82, 2.24) is 4.98 Å². The molecule has 3 aromatic carbocycles. The van der Waals surface area contributed by atoms with Crippen LogP contribution in [-0.4, -0.2) is 22.0 Å². The summed E-state index contributed by atoms with van der Waals surface area (Å²) in [5.74, 6) is -0.204. The molecule has 5 nitrogen and oxygen atoms in total. The molecule has 4 rings (SSSR count). The van der Waals surface area contributed by atoms with E-state index in [2.05, 4.69) is 31.5 Å². The minimum atomic E-state index is -0.338. The van der Waals surface area contributed by atoms with Gasteiger partial charge in [-0.05, 0) is 42.8 Å². The van der Waals surface area contributed by atoms with E-state index in [9.17, 15) is 9.59 Å². The zero-order valence-corrected chi connectivity index (χ0v) is 21.5. The molecular weight excluding hydrogens is 530 g/mol. The number of halogens is 1. The standard InChI is InChI=1S/C26H22BrN3O2S2/c1-17(25(32)30-26-29-23(16-33-26)19-10-12-20(27)13-11-19)34-22-9-5-8-21(15-22)28-24(31)14-18-6-3-2-4-7-18/h2-13,15-17H,14H2,1H3,(H,28,31)(H,29,30,32). The predicted octanol–water partition coefficient (Wildman–Crippen LogP) is 6.87. The minimum absolute atomic E-state index is 0.0792. The zero-order chi connectivity index (χ0) is 23.9. The highest BCUT2D eigenvalue weighted by Gasteiger charge is 2.17. The summed E-state index contributed by atoms with van der Waals surface area (Å²) in [5.41, 5.74) is 3.49. The predicted molar refractivity (Wildman–Crippen MR) is 144 cm³/mol. The van der Waals surface area contributed by atoms with Gasteiger partial charge in [0, 0.05) is 26.0 Å². The van der Waals surface area contributed by atoms with Crippen LogP contribution in [0.3, 0.4) is 0 Å². The third-order valence-corrected chi connectivity index (χ3v) is 7.26. The van der Waals surface area contributed by atoms with Gasteiger partial charge in [-0.3, -0.25) is 9.59 Å². The van der Waals surface area contributed by atoms with E-state index in [4.69, 9.17) is 0 Å². The summed E-state index contributed by atoms with van der Waals surface area (Å²) in [6.07, 6.45) is 0.313. The lowest BCUT2D eigenvalue weighted by atomic mass is 10.1. The van der Waals surface area contributed by atoms with E-state index in [0.717, 1.165) is 26.2 Å². The van der Waals surface area contributed by atoms with E-state index in [1.54, 1.807) is 0 Å². The third-order valence-electron chi connectivity index (χ3n) is 4.88. The quantitative estimate of drug-likeness (QED) is 0.234. The molecule has 1 aromatic heterocycles. The van der Waals surface area contributed by atoms with Gasteiger partial charge in [0.25, 0.3) is 0 Å². The Morgan fingerprint density at radius 2 is 1.76 bits per heavy atom. The van der Waals surface area contributed by atoms with Crippen molar-refractivity contribution in [1.29, 1.82) is 0 Å². The fourth-order valence-electron chi connectivity index (χ4n) is 3.18. The van der Waals surface area contributed by atoms with E-state index < -0.39 is 0 Å². The first kappa shape index (κ1) is 24.2. The number of aromatic nitrogens is 1. The maximum Gasteiger partial charge on any atom is 0.239 e. The van der Waals surface area contributed by atoms with Crippen LogP contribution in [0.4, 0.5) is 10.8 Å². The molecule has 0 fully saturated rings. The molecule has 1 heterocycles. The van der Waals surface area contributed by atoms with Crippen LogP contribution in [0.15, 0.2) is 93.6 Å². The summed E-state index contributed by atoms with van der Waals surface area (Å²) < 4.78 is 1.01. The topological polar surface area (TPSA) is 71.1 Å². The van der Waals surface area contributed by atoms with Crippen molar-refractivity contribution in [2.75, 3.05) is 10.6 Å². The van der Waals surface area contributed by atoms with Crippen molar-refractivity contribution in [3.8, 4) is 11.3 Å². The highest BCUT2D eigenvalue weighted by Crippen LogP contribution is 2.29. The largest absolute Gasteiger partial charge is 0.326 e. The van der Waals surface area contributed by atoms with E-state index >= 15 is 0 Å². The molecule has 0 saturated carbocycles. The Hall–Kier alpha value is -2.94. The molecular formula is C26H22BrN3O2S2. The normalized spacial score (nSPS) is 11.6. The van der Waals surface area contributed by atoms with E-state index in [1.807, 2.05) is 91.2 Å². The lowest BCUT2D eigenvalue weighted by molar-refractivity contribution is -0.116. The van der Waals surface area contributed by atoms with Gasteiger partial charge in [0.15, 0.2) is 5.13 Å². The summed E-state index contributed by atoms with van der Waals surface area (Å²) in [6.45, 7) is 1.85. The first-order valence-electron chi connectivity index (χ1n) is 10.6. The number of hydrogen-bond donors (Lipinski definition) is 2. The smallest absolute Gasteiger partial charge is 0.239 e. The number of rotatable bonds is 8. The second-order valence-electron chi connectivity index (χ2n) is 7.53. The Labute approximate surface area is 215 Å². The molecule has 0 aliphatic carbocycles. The highest BCUT2D eigenvalue weighted by atomic mass is 79.9. The number of carbonyl (C=O) groups excluding carboxylic acids is 2. The summed E-state index contributed by atoms with van der Waals surface area (Å²) in [7, 11) is 0. The molecule has 0 saturated heterocycles. The van der Waals surface area contributed by atoms with Gasteiger partial charge in [0.2, 0.25) is 11.8 Å². The van der Waals surface area contributed by atoms with Crippen LogP contribution in [0.25, 0.3) is 11.3 Å². The number of nitrogens with zero attached hydrogens (tertiary/aromatic N) is 1. The highest BCUT2D eigenvalue weighted by molar-refractivity contribution is 9.10. The van der Waals surface area contributed by atoms with Crippen molar-refractivity contribution in [2.45, 2.75) is 23.5 Å². The van der Waals surface area contributed by atoms with Crippen molar-refractivity contribution < 1.29 is 9.59 Å². The van der Waals surface area contributed by atoms with Crippen LogP contribution >= 0.6 is 39.0 Å². The molecule has 0 spiro atoms. The van der Waals surface area contributed by atoms with Crippen molar-refractivity contribution in [3.63, 3.8) is 0 Å². The summed E-state index contributed by atoms with van der Waals surface area (Å²) in [4.78, 5) is 30.5. The first-order chi connectivity index (χ1) is 16.5. The molecule has 8 heteroatoms. The van der Waals surface area contributed by atoms with Crippen LogP contribution in [0.1, 0.15) is 12.5 Å². The fraction of sp³-hybridized carbons (Fsp3) is 0.115. The Morgan fingerprint density at radius 3 is 2.53 bits per heavy atom. The monoisotopic (exact) mass is 551 g/mol. The number of nitrogens with one attached hydrogen (secondary N) is 2. The van der Waals surface area contributed by atoms with Crippen molar-refractivity contribution >= 4 is 61.7 Å². The van der Waals surface area contributed by atoms with Crippen molar-refractivity contribution in [2.24, 2.45) is 0 Å². The molecule has 0 aliphatic rings. The molecule has 0 radical (unpaired) electrons. The van der Waals surface area contributed by atoms with Crippen LogP contribution in [0.2, 0.25) is 0 Å². The zero-order valence-electron chi connectivity index (χ0n) is 18.3. The second-order valence-corrected chi connectivity index (χ2v) is 10.7. The number of thiazole rings is 1. The minimum Gasteiger partial charge on any atom is -0.326 e. The van der Waals surface area contributed by atoms with Gasteiger partial charge >= 0.3 is 0 Å². The summed E-state index contributed by atoms with van der Waals surface area (Å²) in [6, 6.07) is 25.0. The average molecular weight is 553 g/mol. The molecule has 2 amide bonds. The van der Waals surface area contributed by atoms with Gasteiger partial charge in [-0.15, -0.1) is 23.1 Å². The van der Waals surface area contributed by atoms with Gasteiger partial charge in [0.05, 0.1) is 17.4 Å². The lowest BCUT2D eigenvalue weighted by Gasteiger charge is -2.12. The average Bonchev–Trinajstić information content (AvgIpc) is 3.28. The van der Waals surface area contributed by atoms with Crippen LogP contribution in [0, 0.1) is 0 Å². The van der Waals surface area contributed by atoms with Gasteiger partial charge in [-0.1, -0.05) is 64.5 Å². The van der Waals surface area contributed by atoms with Crippen molar-refractivity contribution in [3.05, 3.63) is 94.3 Å². The number of carbonyl (C=O) groups is 2. The van der Waals surface area contributed by atoms with Gasteiger partial charge in [-0.25, -0.2) is 4.98 Å². The van der Waals surface area contributed by atoms with Crippen LogP contribution in [-0.2, 0) is 16.0 Å². The molecule has 2 N–H and O–H groups in total. The van der Waals surface area contributed by atoms with E-state index in [-0.39, 0.29) is 17.1 Å². The lowest BCUT2D eigenvalue weighted by Crippen LogP contribution is -2.22. The number of thioether (sulfide) groups is 1. The number of hydrogen-bond acceptors (Lipinski definition) is 5. The van der Waals surface area contributed by atoms with Crippen LogP contribution < -0.4 is 10.6 Å². The Morgan fingerprint density at radius 1 is 1.00 bits per heavy atom. The van der Waals surface area contributed by atoms with Crippen LogP contribution in [0.5, 0.6) is 0 Å². The molecule has 4 aromatic rings. The molecule has 1 unspecified atom stereocenters. The Kier molecular flexibility index (Phi) is 8.16. The summed E-state index contributed by atoms with van der Waals surface area (Å²) in [5, 5.41) is 8.00. The number of anilines is 2. The number of benzene rings is 3. The molecule has 0 aliphatic heterocycles. The van der Waals surface area contributed by atoms with E-state index in [1.165, 1.54) is 23.1 Å². The molecule has 34 heavy (non-hydrogen) atoms. The van der Waals surface area contributed by atoms with Gasteiger partial charge in [0.1, 0.15) is 0 Å². The fourth-order valence-corrected chi connectivity index (χ4v) is 5.10. The Bertz CT molecular complexity index is 1280. The SMILES string of the molecule is CC(Sc1cccc(NC(=O)Cc2ccccc2)c1)C(=O)Nc1nc(-c2ccc(Br)cc2)cs1. The molecule has 1 atom stereocenters. The number of amides is 2. The summed E-state index contributed by atoms with van der Waals surface area (Å²) >= 11 is 6.26. The maximum absolute atomic E-state index is 12.7. The van der Waals surface area contributed by atoms with Gasteiger partial charge < -0.3 is 10.6 Å².